The molecule has 3 aromatic rings. The smallest absolute Gasteiger partial charge is 0.223 e. The molecule has 2 aromatic carbocycles. The summed E-state index contributed by atoms with van der Waals surface area (Å²) in [5.41, 5.74) is 4.77. The summed E-state index contributed by atoms with van der Waals surface area (Å²) in [6, 6.07) is 13.4. The summed E-state index contributed by atoms with van der Waals surface area (Å²) >= 11 is 3.60. The first-order valence-corrected chi connectivity index (χ1v) is 10.7. The van der Waals surface area contributed by atoms with Gasteiger partial charge < -0.3 is 9.88 Å². The molecule has 2 aliphatic rings. The summed E-state index contributed by atoms with van der Waals surface area (Å²) in [6.07, 6.45) is 4.79. The van der Waals surface area contributed by atoms with E-state index in [-0.39, 0.29) is 23.7 Å². The molecule has 1 N–H and O–H groups in total. The molecule has 1 heterocycles. The zero-order chi connectivity index (χ0) is 19.3. The molecule has 0 saturated heterocycles. The minimum Gasteiger partial charge on any atom is -0.353 e. The number of hydrogen-bond donors (Lipinski definition) is 1. The summed E-state index contributed by atoms with van der Waals surface area (Å²) in [7, 11) is 0. The van der Waals surface area contributed by atoms with Crippen molar-refractivity contribution < 1.29 is 9.18 Å². The number of aromatic nitrogens is 1. The zero-order valence-electron chi connectivity index (χ0n) is 15.6. The second-order valence-corrected chi connectivity index (χ2v) is 8.94. The van der Waals surface area contributed by atoms with Crippen LogP contribution in [0.3, 0.4) is 0 Å². The monoisotopic (exact) mass is 440 g/mol. The van der Waals surface area contributed by atoms with E-state index in [1.54, 1.807) is 12.1 Å². The molecule has 1 saturated carbocycles. The lowest BCUT2D eigenvalue weighted by Crippen LogP contribution is -2.39. The Morgan fingerprint density at radius 2 is 2.04 bits per heavy atom. The van der Waals surface area contributed by atoms with Gasteiger partial charge in [-0.2, -0.15) is 0 Å². The van der Waals surface area contributed by atoms with Crippen molar-refractivity contribution in [3.05, 3.63) is 69.6 Å². The SMILES string of the molecule is O=C(NC1CCc2c(c3cc(Br)ccc3n2Cc2cccc(F)c2)C1)C1CC1. The Balaban J connectivity index is 1.52. The Kier molecular flexibility index (Phi) is 4.50. The number of hydrogen-bond acceptors (Lipinski definition) is 1. The van der Waals surface area contributed by atoms with Crippen LogP contribution in [0.2, 0.25) is 0 Å². The average Bonchev–Trinajstić information content (AvgIpc) is 3.48. The van der Waals surface area contributed by atoms with Gasteiger partial charge in [-0.1, -0.05) is 28.1 Å². The minimum absolute atomic E-state index is 0.201. The molecular weight excluding hydrogens is 419 g/mol. The van der Waals surface area contributed by atoms with Crippen molar-refractivity contribution in [1.29, 1.82) is 0 Å². The summed E-state index contributed by atoms with van der Waals surface area (Å²) in [5.74, 6) is 0.261. The second-order valence-electron chi connectivity index (χ2n) is 8.03. The predicted octanol–water partition coefficient (Wildman–Crippen LogP) is 4.97. The molecule has 1 amide bonds. The van der Waals surface area contributed by atoms with E-state index in [1.807, 2.05) is 6.07 Å². The largest absolute Gasteiger partial charge is 0.353 e. The quantitative estimate of drug-likeness (QED) is 0.609. The van der Waals surface area contributed by atoms with Crippen molar-refractivity contribution in [3.63, 3.8) is 0 Å². The van der Waals surface area contributed by atoms with Crippen LogP contribution in [0.5, 0.6) is 0 Å². The second kappa shape index (κ2) is 7.03. The molecule has 5 heteroatoms. The highest BCUT2D eigenvalue weighted by molar-refractivity contribution is 9.10. The van der Waals surface area contributed by atoms with Crippen LogP contribution in [-0.4, -0.2) is 16.5 Å². The summed E-state index contributed by atoms with van der Waals surface area (Å²) in [6.45, 7) is 0.657. The molecule has 144 valence electrons. The number of nitrogens with one attached hydrogen (secondary N) is 1. The van der Waals surface area contributed by atoms with Gasteiger partial charge in [0, 0.05) is 39.6 Å². The minimum atomic E-state index is -0.201. The normalized spacial score (nSPS) is 18.9. The van der Waals surface area contributed by atoms with Crippen LogP contribution >= 0.6 is 15.9 Å². The molecule has 2 aliphatic carbocycles. The van der Waals surface area contributed by atoms with Crippen LogP contribution in [-0.2, 0) is 24.2 Å². The van der Waals surface area contributed by atoms with E-state index < -0.39 is 0 Å². The molecule has 0 spiro atoms. The Morgan fingerprint density at radius 1 is 1.18 bits per heavy atom. The Morgan fingerprint density at radius 3 is 2.82 bits per heavy atom. The summed E-state index contributed by atoms with van der Waals surface area (Å²) < 4.78 is 17.1. The van der Waals surface area contributed by atoms with Gasteiger partial charge in [0.2, 0.25) is 5.91 Å². The molecule has 5 rings (SSSR count). The van der Waals surface area contributed by atoms with E-state index in [4.69, 9.17) is 0 Å². The van der Waals surface area contributed by atoms with Crippen molar-refractivity contribution in [3.8, 4) is 0 Å². The van der Waals surface area contributed by atoms with E-state index in [2.05, 4.69) is 44.0 Å². The topological polar surface area (TPSA) is 34.0 Å². The molecule has 3 nitrogen and oxygen atoms in total. The van der Waals surface area contributed by atoms with Crippen LogP contribution in [0, 0.1) is 11.7 Å². The molecule has 28 heavy (non-hydrogen) atoms. The predicted molar refractivity (Wildman–Crippen MR) is 112 cm³/mol. The lowest BCUT2D eigenvalue weighted by molar-refractivity contribution is -0.123. The molecule has 1 fully saturated rings. The molecule has 1 unspecified atom stereocenters. The fraction of sp³-hybridized carbons (Fsp3) is 0.348. The zero-order valence-corrected chi connectivity index (χ0v) is 17.1. The first kappa shape index (κ1) is 17.9. The number of carbonyl (C=O) groups excluding carboxylic acids is 1. The van der Waals surface area contributed by atoms with Crippen LogP contribution in [0.4, 0.5) is 4.39 Å². The van der Waals surface area contributed by atoms with Gasteiger partial charge in [-0.05, 0) is 73.6 Å². The van der Waals surface area contributed by atoms with Crippen LogP contribution in [0.15, 0.2) is 46.9 Å². The molecule has 0 bridgehead atoms. The Bertz CT molecular complexity index is 1070. The van der Waals surface area contributed by atoms with Gasteiger partial charge in [-0.3, -0.25) is 4.79 Å². The molecule has 0 aliphatic heterocycles. The van der Waals surface area contributed by atoms with E-state index in [0.29, 0.717) is 6.54 Å². The lowest BCUT2D eigenvalue weighted by atomic mass is 9.91. The van der Waals surface area contributed by atoms with Crippen LogP contribution in [0.1, 0.15) is 36.1 Å². The molecule has 0 radical (unpaired) electrons. The first-order valence-electron chi connectivity index (χ1n) is 9.93. The number of rotatable bonds is 4. The van der Waals surface area contributed by atoms with E-state index >= 15 is 0 Å². The maximum Gasteiger partial charge on any atom is 0.223 e. The van der Waals surface area contributed by atoms with Gasteiger partial charge >= 0.3 is 0 Å². The van der Waals surface area contributed by atoms with Crippen molar-refractivity contribution in [2.75, 3.05) is 0 Å². The Hall–Kier alpha value is -2.14. The maximum atomic E-state index is 13.7. The van der Waals surface area contributed by atoms with Gasteiger partial charge in [-0.25, -0.2) is 4.39 Å². The third kappa shape index (κ3) is 3.37. The van der Waals surface area contributed by atoms with Gasteiger partial charge in [0.25, 0.3) is 0 Å². The van der Waals surface area contributed by atoms with Crippen LogP contribution < -0.4 is 5.32 Å². The number of amides is 1. The summed E-state index contributed by atoms with van der Waals surface area (Å²) in [5, 5.41) is 4.49. The highest BCUT2D eigenvalue weighted by atomic mass is 79.9. The highest BCUT2D eigenvalue weighted by Gasteiger charge is 2.33. The van der Waals surface area contributed by atoms with Crippen molar-refractivity contribution in [2.24, 2.45) is 5.92 Å². The third-order valence-corrected chi connectivity index (χ3v) is 6.45. The van der Waals surface area contributed by atoms with Crippen molar-refractivity contribution in [1.82, 2.24) is 9.88 Å². The summed E-state index contributed by atoms with van der Waals surface area (Å²) in [4.78, 5) is 12.2. The number of fused-ring (bicyclic) bond motifs is 3. The van der Waals surface area contributed by atoms with Gasteiger partial charge in [0.1, 0.15) is 5.82 Å². The number of halogens is 2. The third-order valence-electron chi connectivity index (χ3n) is 5.95. The van der Waals surface area contributed by atoms with E-state index in [0.717, 1.165) is 42.1 Å². The molecule has 1 atom stereocenters. The van der Waals surface area contributed by atoms with Crippen molar-refractivity contribution >= 4 is 32.7 Å². The standard InChI is InChI=1S/C23H22BrFN2O/c24-16-6-8-21-19(11-16)20-12-18(26-23(28)15-4-5-15)7-9-22(20)27(21)13-14-2-1-3-17(25)10-14/h1-3,6,8,10-11,15,18H,4-5,7,9,12-13H2,(H,26,28). The van der Waals surface area contributed by atoms with Crippen LogP contribution in [0.25, 0.3) is 10.9 Å². The van der Waals surface area contributed by atoms with E-state index in [9.17, 15) is 9.18 Å². The highest BCUT2D eigenvalue weighted by Crippen LogP contribution is 2.35. The number of nitrogens with zero attached hydrogens (tertiary/aromatic N) is 1. The fourth-order valence-corrected chi connectivity index (χ4v) is 4.77. The average molecular weight is 441 g/mol. The number of benzene rings is 2. The fourth-order valence-electron chi connectivity index (χ4n) is 4.41. The number of carbonyl (C=O) groups is 1. The molecular formula is C23H22BrFN2O. The maximum absolute atomic E-state index is 13.7. The first-order chi connectivity index (χ1) is 13.6. The molecule has 1 aromatic heterocycles. The van der Waals surface area contributed by atoms with Gasteiger partial charge in [0.05, 0.1) is 0 Å². The lowest BCUT2D eigenvalue weighted by Gasteiger charge is -2.25. The van der Waals surface area contributed by atoms with Gasteiger partial charge in [0.15, 0.2) is 0 Å². The Labute approximate surface area is 172 Å². The van der Waals surface area contributed by atoms with Gasteiger partial charge in [-0.15, -0.1) is 0 Å². The van der Waals surface area contributed by atoms with E-state index in [1.165, 1.54) is 28.2 Å². The van der Waals surface area contributed by atoms with Crippen molar-refractivity contribution in [2.45, 2.75) is 44.7 Å².